The van der Waals surface area contributed by atoms with Crippen LogP contribution < -0.4 is 5.32 Å². The van der Waals surface area contributed by atoms with E-state index in [-0.39, 0.29) is 23.3 Å². The van der Waals surface area contributed by atoms with Crippen molar-refractivity contribution < 1.29 is 19.8 Å². The van der Waals surface area contributed by atoms with E-state index < -0.39 is 6.09 Å². The number of aromatic nitrogens is 1. The van der Waals surface area contributed by atoms with Crippen molar-refractivity contribution in [3.63, 3.8) is 0 Å². The van der Waals surface area contributed by atoms with Crippen molar-refractivity contribution in [2.45, 2.75) is 12.8 Å². The van der Waals surface area contributed by atoms with Gasteiger partial charge in [-0.3, -0.25) is 4.79 Å². The van der Waals surface area contributed by atoms with Gasteiger partial charge in [-0.25, -0.2) is 9.78 Å². The van der Waals surface area contributed by atoms with E-state index in [1.165, 1.54) is 23.2 Å². The van der Waals surface area contributed by atoms with Gasteiger partial charge >= 0.3 is 6.09 Å². The minimum Gasteiger partial charge on any atom is -0.506 e. The predicted molar refractivity (Wildman–Crippen MR) is 70.6 cm³/mol. The van der Waals surface area contributed by atoms with Gasteiger partial charge in [0.25, 0.3) is 5.91 Å². The Bertz CT molecular complexity index is 481. The number of carbonyl (C=O) groups is 2. The van der Waals surface area contributed by atoms with Crippen LogP contribution in [0.5, 0.6) is 5.75 Å². The second-order valence-electron chi connectivity index (χ2n) is 4.82. The molecule has 0 aliphatic carbocycles. The van der Waals surface area contributed by atoms with E-state index in [1.807, 2.05) is 0 Å². The molecule has 2 rings (SSSR count). The van der Waals surface area contributed by atoms with E-state index in [2.05, 4.69) is 10.3 Å². The maximum atomic E-state index is 11.8. The van der Waals surface area contributed by atoms with Gasteiger partial charge in [0.05, 0.1) is 6.20 Å². The molecule has 0 radical (unpaired) electrons. The van der Waals surface area contributed by atoms with Gasteiger partial charge in [0.1, 0.15) is 11.4 Å². The number of hydrogen-bond donors (Lipinski definition) is 3. The zero-order valence-electron chi connectivity index (χ0n) is 11.0. The van der Waals surface area contributed by atoms with Crippen LogP contribution >= 0.6 is 0 Å². The summed E-state index contributed by atoms with van der Waals surface area (Å²) in [5, 5.41) is 20.7. The smallest absolute Gasteiger partial charge is 0.407 e. The van der Waals surface area contributed by atoms with Gasteiger partial charge in [0.2, 0.25) is 0 Å². The van der Waals surface area contributed by atoms with Gasteiger partial charge in [0, 0.05) is 19.6 Å². The number of aromatic hydroxyl groups is 1. The predicted octanol–water partition coefficient (Wildman–Crippen LogP) is 0.907. The van der Waals surface area contributed by atoms with Crippen LogP contribution in [0.2, 0.25) is 0 Å². The summed E-state index contributed by atoms with van der Waals surface area (Å²) in [6.45, 7) is 1.52. The highest BCUT2D eigenvalue weighted by Crippen LogP contribution is 2.16. The summed E-state index contributed by atoms with van der Waals surface area (Å²) < 4.78 is 0. The quantitative estimate of drug-likeness (QED) is 0.763. The summed E-state index contributed by atoms with van der Waals surface area (Å²) >= 11 is 0. The first-order valence-corrected chi connectivity index (χ1v) is 6.47. The van der Waals surface area contributed by atoms with Crippen molar-refractivity contribution in [1.29, 1.82) is 0 Å². The van der Waals surface area contributed by atoms with Crippen LogP contribution in [0.15, 0.2) is 18.3 Å². The number of pyridine rings is 1. The van der Waals surface area contributed by atoms with Gasteiger partial charge in [-0.1, -0.05) is 0 Å². The molecule has 1 aliphatic rings. The van der Waals surface area contributed by atoms with Crippen molar-refractivity contribution in [1.82, 2.24) is 15.2 Å². The van der Waals surface area contributed by atoms with Crippen LogP contribution in [-0.4, -0.2) is 51.7 Å². The average Bonchev–Trinajstić information content (AvgIpc) is 2.46. The SMILES string of the molecule is O=C(NCC1CCN(C(=O)O)CC1)c1ccc(O)cn1. The van der Waals surface area contributed by atoms with Crippen LogP contribution in [0.3, 0.4) is 0 Å². The molecule has 20 heavy (non-hydrogen) atoms. The fourth-order valence-electron chi connectivity index (χ4n) is 2.18. The van der Waals surface area contributed by atoms with Crippen molar-refractivity contribution in [3.8, 4) is 5.75 Å². The van der Waals surface area contributed by atoms with Gasteiger partial charge in [-0.05, 0) is 30.9 Å². The fourth-order valence-corrected chi connectivity index (χ4v) is 2.18. The summed E-state index contributed by atoms with van der Waals surface area (Å²) in [6, 6.07) is 2.87. The Morgan fingerprint density at radius 3 is 2.60 bits per heavy atom. The molecule has 3 N–H and O–H groups in total. The molecule has 0 bridgehead atoms. The first-order chi connectivity index (χ1) is 9.56. The molecule has 0 saturated carbocycles. The van der Waals surface area contributed by atoms with E-state index in [1.54, 1.807) is 0 Å². The molecule has 1 saturated heterocycles. The number of nitrogens with zero attached hydrogens (tertiary/aromatic N) is 2. The molecule has 2 amide bonds. The van der Waals surface area contributed by atoms with E-state index >= 15 is 0 Å². The van der Waals surface area contributed by atoms with Crippen LogP contribution in [0.1, 0.15) is 23.3 Å². The first-order valence-electron chi connectivity index (χ1n) is 6.47. The fraction of sp³-hybridized carbons (Fsp3) is 0.462. The lowest BCUT2D eigenvalue weighted by molar-refractivity contribution is 0.0924. The zero-order chi connectivity index (χ0) is 14.5. The second kappa shape index (κ2) is 6.23. The van der Waals surface area contributed by atoms with Crippen molar-refractivity contribution in [2.75, 3.05) is 19.6 Å². The number of amides is 2. The molecule has 1 aromatic heterocycles. The molecule has 7 heteroatoms. The molecule has 1 fully saturated rings. The van der Waals surface area contributed by atoms with E-state index in [0.29, 0.717) is 19.6 Å². The monoisotopic (exact) mass is 279 g/mol. The van der Waals surface area contributed by atoms with Crippen LogP contribution in [0.4, 0.5) is 4.79 Å². The van der Waals surface area contributed by atoms with Crippen molar-refractivity contribution in [3.05, 3.63) is 24.0 Å². The minimum atomic E-state index is -0.888. The highest BCUT2D eigenvalue weighted by atomic mass is 16.4. The normalized spacial score (nSPS) is 15.9. The van der Waals surface area contributed by atoms with E-state index in [0.717, 1.165) is 12.8 Å². The molecule has 1 aromatic rings. The van der Waals surface area contributed by atoms with Gasteiger partial charge in [0.15, 0.2) is 0 Å². The lowest BCUT2D eigenvalue weighted by atomic mass is 9.97. The highest BCUT2D eigenvalue weighted by molar-refractivity contribution is 5.92. The molecule has 0 spiro atoms. The number of rotatable bonds is 3. The molecule has 2 heterocycles. The Balaban J connectivity index is 1.77. The lowest BCUT2D eigenvalue weighted by Crippen LogP contribution is -2.41. The number of nitrogens with one attached hydrogen (secondary N) is 1. The van der Waals surface area contributed by atoms with Gasteiger partial charge < -0.3 is 20.4 Å². The minimum absolute atomic E-state index is 0.0163. The topological polar surface area (TPSA) is 103 Å². The summed E-state index contributed by atoms with van der Waals surface area (Å²) in [6.07, 6.45) is 1.83. The largest absolute Gasteiger partial charge is 0.506 e. The second-order valence-corrected chi connectivity index (χ2v) is 4.82. The lowest BCUT2D eigenvalue weighted by Gasteiger charge is -2.29. The molecule has 0 aromatic carbocycles. The van der Waals surface area contributed by atoms with Crippen molar-refractivity contribution in [2.24, 2.45) is 5.92 Å². The summed E-state index contributed by atoms with van der Waals surface area (Å²) in [4.78, 5) is 27.8. The van der Waals surface area contributed by atoms with E-state index in [9.17, 15) is 9.59 Å². The third kappa shape index (κ3) is 3.59. The molecule has 7 nitrogen and oxygen atoms in total. The highest BCUT2D eigenvalue weighted by Gasteiger charge is 2.22. The van der Waals surface area contributed by atoms with Crippen molar-refractivity contribution >= 4 is 12.0 Å². The standard InChI is InChI=1S/C13H17N3O4/c17-10-1-2-11(14-8-10)12(18)15-7-9-3-5-16(6-4-9)13(19)20/h1-2,8-9,17H,3-7H2,(H,15,18)(H,19,20). The Kier molecular flexibility index (Phi) is 4.39. The van der Waals surface area contributed by atoms with Gasteiger partial charge in [-0.2, -0.15) is 0 Å². The Morgan fingerprint density at radius 1 is 1.35 bits per heavy atom. The summed E-state index contributed by atoms with van der Waals surface area (Å²) in [5.41, 5.74) is 0.255. The average molecular weight is 279 g/mol. The number of piperidine rings is 1. The molecule has 0 atom stereocenters. The Labute approximate surface area is 116 Å². The maximum absolute atomic E-state index is 11.8. The number of likely N-dealkylation sites (tertiary alicyclic amines) is 1. The zero-order valence-corrected chi connectivity index (χ0v) is 11.0. The summed E-state index contributed by atoms with van der Waals surface area (Å²) in [7, 11) is 0. The molecular formula is C13H17N3O4. The Morgan fingerprint density at radius 2 is 2.05 bits per heavy atom. The van der Waals surface area contributed by atoms with E-state index in [4.69, 9.17) is 10.2 Å². The molecular weight excluding hydrogens is 262 g/mol. The number of carboxylic acid groups (broad SMARTS) is 1. The molecule has 108 valence electrons. The first kappa shape index (κ1) is 14.1. The third-order valence-electron chi connectivity index (χ3n) is 3.42. The molecule has 1 aliphatic heterocycles. The molecule has 0 unspecified atom stereocenters. The van der Waals surface area contributed by atoms with Crippen LogP contribution in [-0.2, 0) is 0 Å². The van der Waals surface area contributed by atoms with Gasteiger partial charge in [-0.15, -0.1) is 0 Å². The number of hydrogen-bond acceptors (Lipinski definition) is 4. The summed E-state index contributed by atoms with van der Waals surface area (Å²) in [5.74, 6) is 0.0138. The number of carbonyl (C=O) groups excluding carboxylic acids is 1. The van der Waals surface area contributed by atoms with Crippen LogP contribution in [0, 0.1) is 5.92 Å². The third-order valence-corrected chi connectivity index (χ3v) is 3.42. The van der Waals surface area contributed by atoms with Crippen LogP contribution in [0.25, 0.3) is 0 Å². The maximum Gasteiger partial charge on any atom is 0.407 e. The Hall–Kier alpha value is -2.31.